The van der Waals surface area contributed by atoms with Crippen molar-refractivity contribution in [2.45, 2.75) is 44.4 Å². The lowest BCUT2D eigenvalue weighted by molar-refractivity contribution is 0.00436. The van der Waals surface area contributed by atoms with E-state index in [1.54, 1.807) is 24.0 Å². The molecular formula is C14H24N4O3. The Morgan fingerprint density at radius 3 is 2.76 bits per heavy atom. The molecule has 2 heterocycles. The quantitative estimate of drug-likeness (QED) is 0.841. The fraction of sp³-hybridized carbons (Fsp3) is 0.714. The van der Waals surface area contributed by atoms with Crippen LogP contribution in [0.4, 0.5) is 4.79 Å². The van der Waals surface area contributed by atoms with Crippen molar-refractivity contribution in [3.05, 3.63) is 18.0 Å². The molecule has 1 aliphatic rings. The largest absolute Gasteiger partial charge is 0.444 e. The summed E-state index contributed by atoms with van der Waals surface area (Å²) in [6.07, 6.45) is 1.76. The monoisotopic (exact) mass is 296 g/mol. The van der Waals surface area contributed by atoms with E-state index in [0.717, 1.165) is 0 Å². The number of aliphatic hydroxyl groups is 1. The molecule has 0 radical (unpaired) electrons. The van der Waals surface area contributed by atoms with Crippen LogP contribution in [0.3, 0.4) is 0 Å². The van der Waals surface area contributed by atoms with Crippen LogP contribution >= 0.6 is 0 Å². The van der Waals surface area contributed by atoms with Crippen molar-refractivity contribution in [2.24, 2.45) is 12.8 Å². The van der Waals surface area contributed by atoms with Gasteiger partial charge in [-0.15, -0.1) is 0 Å². The average molecular weight is 296 g/mol. The van der Waals surface area contributed by atoms with Gasteiger partial charge in [0.2, 0.25) is 0 Å². The summed E-state index contributed by atoms with van der Waals surface area (Å²) in [4.78, 5) is 13.5. The summed E-state index contributed by atoms with van der Waals surface area (Å²) in [5.74, 6) is 0. The molecule has 3 N–H and O–H groups in total. The Morgan fingerprint density at radius 2 is 2.24 bits per heavy atom. The summed E-state index contributed by atoms with van der Waals surface area (Å²) < 4.78 is 6.96. The SMILES string of the molecule is Cn1ccc(C(N)C2(O)CCN(C(=O)OC(C)(C)C)C2)n1. The maximum Gasteiger partial charge on any atom is 0.410 e. The van der Waals surface area contributed by atoms with Crippen molar-refractivity contribution in [2.75, 3.05) is 13.1 Å². The molecule has 118 valence electrons. The third-order valence-corrected chi connectivity index (χ3v) is 3.56. The molecule has 0 aromatic carbocycles. The molecular weight excluding hydrogens is 272 g/mol. The first-order valence-electron chi connectivity index (χ1n) is 7.06. The molecule has 0 bridgehead atoms. The number of hydrogen-bond donors (Lipinski definition) is 2. The zero-order chi connectivity index (χ0) is 15.8. The summed E-state index contributed by atoms with van der Waals surface area (Å²) in [5, 5.41) is 14.9. The van der Waals surface area contributed by atoms with Gasteiger partial charge in [0, 0.05) is 19.8 Å². The number of rotatable bonds is 2. The van der Waals surface area contributed by atoms with Crippen LogP contribution in [0.15, 0.2) is 12.3 Å². The molecule has 21 heavy (non-hydrogen) atoms. The zero-order valence-electron chi connectivity index (χ0n) is 13.0. The van der Waals surface area contributed by atoms with E-state index in [4.69, 9.17) is 10.5 Å². The van der Waals surface area contributed by atoms with Crippen molar-refractivity contribution in [1.82, 2.24) is 14.7 Å². The first kappa shape index (κ1) is 15.8. The number of carbonyl (C=O) groups is 1. The smallest absolute Gasteiger partial charge is 0.410 e. The molecule has 7 nitrogen and oxygen atoms in total. The van der Waals surface area contributed by atoms with Crippen LogP contribution < -0.4 is 5.73 Å². The summed E-state index contributed by atoms with van der Waals surface area (Å²) in [6, 6.07) is 1.14. The maximum absolute atomic E-state index is 12.0. The Labute approximate surface area is 124 Å². The highest BCUT2D eigenvalue weighted by atomic mass is 16.6. The van der Waals surface area contributed by atoms with Gasteiger partial charge in [0.05, 0.1) is 18.3 Å². The van der Waals surface area contributed by atoms with Crippen LogP contribution in [-0.4, -0.2) is 50.2 Å². The van der Waals surface area contributed by atoms with Crippen molar-refractivity contribution >= 4 is 6.09 Å². The van der Waals surface area contributed by atoms with Crippen LogP contribution in [0.1, 0.15) is 38.9 Å². The molecule has 2 atom stereocenters. The first-order chi connectivity index (χ1) is 9.61. The topological polar surface area (TPSA) is 93.6 Å². The molecule has 1 saturated heterocycles. The van der Waals surface area contributed by atoms with Gasteiger partial charge in [-0.05, 0) is 33.3 Å². The van der Waals surface area contributed by atoms with E-state index >= 15 is 0 Å². The predicted molar refractivity (Wildman–Crippen MR) is 77.5 cm³/mol. The lowest BCUT2D eigenvalue weighted by Crippen LogP contribution is -2.45. The lowest BCUT2D eigenvalue weighted by atomic mass is 9.92. The Balaban J connectivity index is 2.04. The molecule has 1 fully saturated rings. The van der Waals surface area contributed by atoms with Crippen molar-refractivity contribution in [1.29, 1.82) is 0 Å². The van der Waals surface area contributed by atoms with Gasteiger partial charge in [0.15, 0.2) is 0 Å². The third kappa shape index (κ3) is 3.54. The number of ether oxygens (including phenoxy) is 1. The Kier molecular flexibility index (Phi) is 3.99. The average Bonchev–Trinajstić information content (AvgIpc) is 2.94. The number of aromatic nitrogens is 2. The second-order valence-corrected chi connectivity index (χ2v) is 6.65. The van der Waals surface area contributed by atoms with Crippen molar-refractivity contribution in [3.63, 3.8) is 0 Å². The first-order valence-corrected chi connectivity index (χ1v) is 7.06. The van der Waals surface area contributed by atoms with E-state index in [1.807, 2.05) is 20.8 Å². The van der Waals surface area contributed by atoms with E-state index in [-0.39, 0.29) is 6.54 Å². The van der Waals surface area contributed by atoms with Gasteiger partial charge in [0.25, 0.3) is 0 Å². The Morgan fingerprint density at radius 1 is 1.57 bits per heavy atom. The van der Waals surface area contributed by atoms with Crippen LogP contribution in [0, 0.1) is 0 Å². The number of nitrogens with zero attached hydrogens (tertiary/aromatic N) is 3. The molecule has 0 spiro atoms. The Hall–Kier alpha value is -1.60. The summed E-state index contributed by atoms with van der Waals surface area (Å²) in [7, 11) is 1.79. The normalized spacial score (nSPS) is 24.2. The fourth-order valence-electron chi connectivity index (χ4n) is 2.43. The summed E-state index contributed by atoms with van der Waals surface area (Å²) >= 11 is 0. The highest BCUT2D eigenvalue weighted by Gasteiger charge is 2.45. The minimum atomic E-state index is -1.18. The van der Waals surface area contributed by atoms with E-state index in [1.165, 1.54) is 4.90 Å². The Bertz CT molecular complexity index is 523. The standard InChI is InChI=1S/C14H24N4O3/c1-13(2,3)21-12(19)18-8-6-14(20,9-18)11(15)10-5-7-17(4)16-10/h5,7,11,20H,6,8-9,15H2,1-4H3. The lowest BCUT2D eigenvalue weighted by Gasteiger charge is -2.29. The molecule has 0 saturated carbocycles. The predicted octanol–water partition coefficient (Wildman–Crippen LogP) is 0.792. The summed E-state index contributed by atoms with van der Waals surface area (Å²) in [6.45, 7) is 6.01. The number of hydrogen-bond acceptors (Lipinski definition) is 5. The minimum absolute atomic E-state index is 0.152. The van der Waals surface area contributed by atoms with E-state index < -0.39 is 23.3 Å². The molecule has 2 rings (SSSR count). The molecule has 1 aromatic heterocycles. The molecule has 2 unspecified atom stereocenters. The van der Waals surface area contributed by atoms with Crippen LogP contribution in [0.2, 0.25) is 0 Å². The van der Waals surface area contributed by atoms with Gasteiger partial charge in [-0.25, -0.2) is 4.79 Å². The molecule has 1 aromatic rings. The van der Waals surface area contributed by atoms with Gasteiger partial charge in [-0.1, -0.05) is 0 Å². The minimum Gasteiger partial charge on any atom is -0.444 e. The number of nitrogens with two attached hydrogens (primary N) is 1. The fourth-order valence-corrected chi connectivity index (χ4v) is 2.43. The van der Waals surface area contributed by atoms with Gasteiger partial charge < -0.3 is 20.5 Å². The zero-order valence-corrected chi connectivity index (χ0v) is 13.0. The molecule has 0 aliphatic carbocycles. The third-order valence-electron chi connectivity index (χ3n) is 3.56. The second-order valence-electron chi connectivity index (χ2n) is 6.65. The highest BCUT2D eigenvalue weighted by Crippen LogP contribution is 2.32. The number of β-amino-alcohol motifs (C(OH)–C–C–N with tert-alkyl or cyclic N) is 1. The van der Waals surface area contributed by atoms with Crippen LogP contribution in [0.5, 0.6) is 0 Å². The molecule has 1 amide bonds. The van der Waals surface area contributed by atoms with Crippen LogP contribution in [0.25, 0.3) is 0 Å². The van der Waals surface area contributed by atoms with Crippen molar-refractivity contribution < 1.29 is 14.6 Å². The second kappa shape index (κ2) is 5.31. The summed E-state index contributed by atoms with van der Waals surface area (Å²) in [5.41, 5.74) is 5.02. The molecule has 7 heteroatoms. The van der Waals surface area contributed by atoms with Crippen molar-refractivity contribution in [3.8, 4) is 0 Å². The maximum atomic E-state index is 12.0. The van der Waals surface area contributed by atoms with Gasteiger partial charge in [0.1, 0.15) is 11.2 Å². The number of carbonyl (C=O) groups excluding carboxylic acids is 1. The number of likely N-dealkylation sites (tertiary alicyclic amines) is 1. The number of amides is 1. The highest BCUT2D eigenvalue weighted by molar-refractivity contribution is 5.68. The van der Waals surface area contributed by atoms with Gasteiger partial charge in [-0.3, -0.25) is 4.68 Å². The van der Waals surface area contributed by atoms with Gasteiger partial charge in [-0.2, -0.15) is 5.10 Å². The van der Waals surface area contributed by atoms with Gasteiger partial charge >= 0.3 is 6.09 Å². The molecule has 1 aliphatic heterocycles. The van der Waals surface area contributed by atoms with E-state index in [9.17, 15) is 9.90 Å². The van der Waals surface area contributed by atoms with E-state index in [2.05, 4.69) is 5.10 Å². The number of aryl methyl sites for hydroxylation is 1. The van der Waals surface area contributed by atoms with Crippen LogP contribution in [-0.2, 0) is 11.8 Å². The van der Waals surface area contributed by atoms with E-state index in [0.29, 0.717) is 18.7 Å².